The third-order valence-corrected chi connectivity index (χ3v) is 5.51. The maximum Gasteiger partial charge on any atom is 0.00982 e. The fourth-order valence-electron chi connectivity index (χ4n) is 4.33. The summed E-state index contributed by atoms with van der Waals surface area (Å²) in [5.74, 6) is 1.92. The van der Waals surface area contributed by atoms with E-state index in [4.69, 9.17) is 0 Å². The molecule has 20 heavy (non-hydrogen) atoms. The van der Waals surface area contributed by atoms with E-state index in [2.05, 4.69) is 31.0 Å². The van der Waals surface area contributed by atoms with Crippen molar-refractivity contribution in [2.24, 2.45) is 11.8 Å². The van der Waals surface area contributed by atoms with E-state index in [0.29, 0.717) is 6.04 Å². The van der Waals surface area contributed by atoms with Gasteiger partial charge in [-0.3, -0.25) is 4.90 Å². The Morgan fingerprint density at radius 1 is 1.05 bits per heavy atom. The molecule has 1 saturated carbocycles. The number of hydrogen-bond donors (Lipinski definition) is 1. The summed E-state index contributed by atoms with van der Waals surface area (Å²) in [5.41, 5.74) is 0. The second-order valence-electron chi connectivity index (χ2n) is 7.47. The minimum absolute atomic E-state index is 0.713. The van der Waals surface area contributed by atoms with Gasteiger partial charge in [0.1, 0.15) is 0 Å². The Morgan fingerprint density at radius 3 is 2.35 bits per heavy atom. The Bertz CT molecular complexity index is 250. The number of nitrogens with zero attached hydrogens (tertiary/aromatic N) is 1. The van der Waals surface area contributed by atoms with Crippen molar-refractivity contribution >= 4 is 0 Å². The molecule has 118 valence electrons. The van der Waals surface area contributed by atoms with Gasteiger partial charge in [-0.25, -0.2) is 0 Å². The van der Waals surface area contributed by atoms with Gasteiger partial charge in [0, 0.05) is 18.6 Å². The van der Waals surface area contributed by atoms with E-state index >= 15 is 0 Å². The highest BCUT2D eigenvalue weighted by atomic mass is 15.2. The van der Waals surface area contributed by atoms with Crippen molar-refractivity contribution in [1.29, 1.82) is 0 Å². The first-order chi connectivity index (χ1) is 9.70. The first-order valence-corrected chi connectivity index (χ1v) is 9.17. The molecule has 0 aromatic rings. The van der Waals surface area contributed by atoms with Crippen LogP contribution in [0.4, 0.5) is 0 Å². The highest BCUT2D eigenvalue weighted by Crippen LogP contribution is 2.32. The van der Waals surface area contributed by atoms with Gasteiger partial charge in [0.25, 0.3) is 0 Å². The Labute approximate surface area is 126 Å². The van der Waals surface area contributed by atoms with Crippen LogP contribution in [0.3, 0.4) is 0 Å². The number of rotatable bonds is 6. The second-order valence-corrected chi connectivity index (χ2v) is 7.47. The molecular formula is C18H36N2. The standard InChI is InChI=1S/C18H36N2/c1-4-6-16-8-10-18(11-9-16)20(15(2)3)14-17-7-5-12-19-13-17/h15-19H,4-14H2,1-3H3. The third-order valence-electron chi connectivity index (χ3n) is 5.51. The lowest BCUT2D eigenvalue weighted by Gasteiger charge is -2.41. The summed E-state index contributed by atoms with van der Waals surface area (Å²) in [6.07, 6.45) is 11.5. The van der Waals surface area contributed by atoms with Gasteiger partial charge in [0.05, 0.1) is 0 Å². The lowest BCUT2D eigenvalue weighted by atomic mass is 9.82. The molecular weight excluding hydrogens is 244 g/mol. The molecule has 2 aliphatic rings. The van der Waals surface area contributed by atoms with Crippen LogP contribution in [-0.4, -0.2) is 36.6 Å². The topological polar surface area (TPSA) is 15.3 Å². The van der Waals surface area contributed by atoms with Crippen molar-refractivity contribution in [2.45, 2.75) is 84.2 Å². The molecule has 1 aliphatic carbocycles. The van der Waals surface area contributed by atoms with E-state index in [1.165, 1.54) is 71.0 Å². The fraction of sp³-hybridized carbons (Fsp3) is 1.00. The number of nitrogens with one attached hydrogen (secondary N) is 1. The van der Waals surface area contributed by atoms with Crippen molar-refractivity contribution in [3.8, 4) is 0 Å². The van der Waals surface area contributed by atoms with Crippen LogP contribution in [0.5, 0.6) is 0 Å². The third kappa shape index (κ3) is 4.73. The average molecular weight is 281 g/mol. The Morgan fingerprint density at radius 2 is 1.80 bits per heavy atom. The van der Waals surface area contributed by atoms with Gasteiger partial charge in [-0.15, -0.1) is 0 Å². The average Bonchev–Trinajstić information content (AvgIpc) is 2.47. The highest BCUT2D eigenvalue weighted by Gasteiger charge is 2.28. The summed E-state index contributed by atoms with van der Waals surface area (Å²) in [6, 6.07) is 1.58. The lowest BCUT2D eigenvalue weighted by Crippen LogP contribution is -2.47. The molecule has 0 amide bonds. The Kier molecular flexibility index (Phi) is 6.83. The van der Waals surface area contributed by atoms with Crippen molar-refractivity contribution in [2.75, 3.05) is 19.6 Å². The molecule has 0 spiro atoms. The van der Waals surface area contributed by atoms with Gasteiger partial charge in [0.15, 0.2) is 0 Å². The molecule has 2 nitrogen and oxygen atoms in total. The quantitative estimate of drug-likeness (QED) is 0.789. The lowest BCUT2D eigenvalue weighted by molar-refractivity contribution is 0.0803. The maximum absolute atomic E-state index is 3.58. The monoisotopic (exact) mass is 280 g/mol. The normalized spacial score (nSPS) is 31.9. The molecule has 2 rings (SSSR count). The molecule has 0 bridgehead atoms. The largest absolute Gasteiger partial charge is 0.316 e. The van der Waals surface area contributed by atoms with Crippen LogP contribution in [-0.2, 0) is 0 Å². The van der Waals surface area contributed by atoms with Crippen molar-refractivity contribution in [1.82, 2.24) is 10.2 Å². The zero-order valence-electron chi connectivity index (χ0n) is 14.0. The van der Waals surface area contributed by atoms with Crippen molar-refractivity contribution < 1.29 is 0 Å². The summed E-state index contributed by atoms with van der Waals surface area (Å²) in [4.78, 5) is 2.83. The van der Waals surface area contributed by atoms with E-state index in [0.717, 1.165) is 17.9 Å². The van der Waals surface area contributed by atoms with Gasteiger partial charge < -0.3 is 5.32 Å². The number of hydrogen-bond acceptors (Lipinski definition) is 2. The van der Waals surface area contributed by atoms with E-state index < -0.39 is 0 Å². The van der Waals surface area contributed by atoms with Gasteiger partial charge in [-0.1, -0.05) is 19.8 Å². The van der Waals surface area contributed by atoms with Crippen molar-refractivity contribution in [3.63, 3.8) is 0 Å². The van der Waals surface area contributed by atoms with E-state index in [1.807, 2.05) is 0 Å². The SMILES string of the molecule is CCCC1CCC(N(CC2CCCNC2)C(C)C)CC1. The van der Waals surface area contributed by atoms with Gasteiger partial charge in [-0.2, -0.15) is 0 Å². The molecule has 1 saturated heterocycles. The van der Waals surface area contributed by atoms with E-state index in [-0.39, 0.29) is 0 Å². The molecule has 1 atom stereocenters. The minimum Gasteiger partial charge on any atom is -0.316 e. The second kappa shape index (κ2) is 8.38. The summed E-state index contributed by atoms with van der Waals surface area (Å²) < 4.78 is 0. The van der Waals surface area contributed by atoms with Crippen LogP contribution in [0.2, 0.25) is 0 Å². The fourth-order valence-corrected chi connectivity index (χ4v) is 4.33. The van der Waals surface area contributed by atoms with Crippen LogP contribution >= 0.6 is 0 Å². The predicted octanol–water partition coefficient (Wildman–Crippen LogP) is 4.06. The van der Waals surface area contributed by atoms with Crippen LogP contribution in [0, 0.1) is 11.8 Å². The molecule has 0 aromatic heterocycles. The van der Waals surface area contributed by atoms with Gasteiger partial charge >= 0.3 is 0 Å². The highest BCUT2D eigenvalue weighted by molar-refractivity contribution is 4.84. The summed E-state index contributed by atoms with van der Waals surface area (Å²) >= 11 is 0. The minimum atomic E-state index is 0.713. The zero-order valence-corrected chi connectivity index (χ0v) is 14.0. The molecule has 2 fully saturated rings. The molecule has 1 N–H and O–H groups in total. The van der Waals surface area contributed by atoms with Gasteiger partial charge in [0.2, 0.25) is 0 Å². The first kappa shape index (κ1) is 16.3. The van der Waals surface area contributed by atoms with Crippen LogP contribution < -0.4 is 5.32 Å². The maximum atomic E-state index is 3.58. The van der Waals surface area contributed by atoms with Crippen LogP contribution in [0.15, 0.2) is 0 Å². The first-order valence-electron chi connectivity index (χ1n) is 9.17. The van der Waals surface area contributed by atoms with E-state index in [9.17, 15) is 0 Å². The van der Waals surface area contributed by atoms with Crippen LogP contribution in [0.1, 0.15) is 72.1 Å². The summed E-state index contributed by atoms with van der Waals surface area (Å²) in [5, 5.41) is 3.58. The summed E-state index contributed by atoms with van der Waals surface area (Å²) in [7, 11) is 0. The zero-order chi connectivity index (χ0) is 14.4. The van der Waals surface area contributed by atoms with Crippen LogP contribution in [0.25, 0.3) is 0 Å². The van der Waals surface area contributed by atoms with E-state index in [1.54, 1.807) is 0 Å². The molecule has 1 aliphatic heterocycles. The van der Waals surface area contributed by atoms with Crippen molar-refractivity contribution in [3.05, 3.63) is 0 Å². The molecule has 0 aromatic carbocycles. The van der Waals surface area contributed by atoms with Gasteiger partial charge in [-0.05, 0) is 77.3 Å². The Hall–Kier alpha value is -0.0800. The molecule has 1 heterocycles. The molecule has 1 unspecified atom stereocenters. The number of piperidine rings is 1. The predicted molar refractivity (Wildman–Crippen MR) is 88.1 cm³/mol. The molecule has 2 heteroatoms. The Balaban J connectivity index is 1.82. The molecule has 0 radical (unpaired) electrons. The smallest absolute Gasteiger partial charge is 0.00982 e. The summed E-state index contributed by atoms with van der Waals surface area (Å²) in [6.45, 7) is 10.9.